The zero-order valence-corrected chi connectivity index (χ0v) is 23.6. The van der Waals surface area contributed by atoms with E-state index in [4.69, 9.17) is 23.2 Å². The Morgan fingerprint density at radius 2 is 1.63 bits per heavy atom. The maximum Gasteiger partial charge on any atom is 0.264 e. The SMILES string of the molecule is CCCCNC(=O)[C@@H](C)N(Cc1ccccc1Cl)C(=O)CN(c1cccc(Cl)c1)S(=O)(=O)c1ccccc1. The van der Waals surface area contributed by atoms with Crippen molar-refractivity contribution in [2.75, 3.05) is 17.4 Å². The Bertz CT molecular complexity index is 1350. The molecule has 3 aromatic rings. The quantitative estimate of drug-likeness (QED) is 0.288. The van der Waals surface area contributed by atoms with Crippen LogP contribution in [0.1, 0.15) is 32.3 Å². The van der Waals surface area contributed by atoms with Gasteiger partial charge < -0.3 is 10.2 Å². The van der Waals surface area contributed by atoms with Crippen LogP contribution in [0.5, 0.6) is 0 Å². The number of carbonyl (C=O) groups is 2. The van der Waals surface area contributed by atoms with Crippen LogP contribution in [0, 0.1) is 0 Å². The highest BCUT2D eigenvalue weighted by Gasteiger charge is 2.32. The van der Waals surface area contributed by atoms with Gasteiger partial charge in [-0.25, -0.2) is 8.42 Å². The molecule has 0 fully saturated rings. The molecule has 0 heterocycles. The summed E-state index contributed by atoms with van der Waals surface area (Å²) in [4.78, 5) is 28.2. The van der Waals surface area contributed by atoms with E-state index in [9.17, 15) is 18.0 Å². The van der Waals surface area contributed by atoms with Crippen LogP contribution < -0.4 is 9.62 Å². The Morgan fingerprint density at radius 1 is 0.947 bits per heavy atom. The van der Waals surface area contributed by atoms with Gasteiger partial charge in [-0.05, 0) is 55.3 Å². The predicted octanol–water partition coefficient (Wildman–Crippen LogP) is 5.52. The van der Waals surface area contributed by atoms with Crippen LogP contribution in [0.25, 0.3) is 0 Å². The van der Waals surface area contributed by atoms with E-state index in [-0.39, 0.29) is 23.0 Å². The summed E-state index contributed by atoms with van der Waals surface area (Å²) >= 11 is 12.5. The van der Waals surface area contributed by atoms with Crippen LogP contribution in [0.4, 0.5) is 5.69 Å². The molecule has 7 nitrogen and oxygen atoms in total. The second kappa shape index (κ2) is 13.6. The minimum absolute atomic E-state index is 0.0235. The van der Waals surface area contributed by atoms with Crippen molar-refractivity contribution in [3.05, 3.63) is 94.5 Å². The van der Waals surface area contributed by atoms with E-state index in [2.05, 4.69) is 5.32 Å². The molecule has 38 heavy (non-hydrogen) atoms. The summed E-state index contributed by atoms with van der Waals surface area (Å²) < 4.78 is 28.4. The zero-order chi connectivity index (χ0) is 27.7. The molecule has 2 amide bonds. The lowest BCUT2D eigenvalue weighted by atomic mass is 10.1. The van der Waals surface area contributed by atoms with Crippen LogP contribution in [0.2, 0.25) is 10.0 Å². The van der Waals surface area contributed by atoms with Crippen LogP contribution in [-0.4, -0.2) is 44.3 Å². The number of rotatable bonds is 12. The van der Waals surface area contributed by atoms with Gasteiger partial charge in [0.2, 0.25) is 11.8 Å². The van der Waals surface area contributed by atoms with Crippen molar-refractivity contribution in [1.29, 1.82) is 0 Å². The first-order valence-electron chi connectivity index (χ1n) is 12.3. The number of unbranched alkanes of at least 4 members (excludes halogenated alkanes) is 1. The summed E-state index contributed by atoms with van der Waals surface area (Å²) in [6, 6.07) is 20.3. The molecule has 0 saturated heterocycles. The number of hydrogen-bond donors (Lipinski definition) is 1. The summed E-state index contributed by atoms with van der Waals surface area (Å²) in [7, 11) is -4.14. The van der Waals surface area contributed by atoms with Crippen molar-refractivity contribution in [3.63, 3.8) is 0 Å². The largest absolute Gasteiger partial charge is 0.354 e. The molecule has 3 aromatic carbocycles. The third-order valence-corrected chi connectivity index (χ3v) is 8.39. The van der Waals surface area contributed by atoms with E-state index >= 15 is 0 Å². The summed E-state index contributed by atoms with van der Waals surface area (Å²) in [5.74, 6) is -0.901. The molecule has 0 bridgehead atoms. The Kier molecular flexibility index (Phi) is 10.6. The first kappa shape index (κ1) is 29.5. The Hall–Kier alpha value is -3.07. The van der Waals surface area contributed by atoms with Crippen molar-refractivity contribution >= 4 is 50.7 Å². The number of amides is 2. The number of sulfonamides is 1. The first-order valence-corrected chi connectivity index (χ1v) is 14.5. The highest BCUT2D eigenvalue weighted by molar-refractivity contribution is 7.92. The average molecular weight is 577 g/mol. The van der Waals surface area contributed by atoms with E-state index in [1.807, 2.05) is 6.92 Å². The van der Waals surface area contributed by atoms with E-state index < -0.39 is 28.5 Å². The molecule has 202 valence electrons. The van der Waals surface area contributed by atoms with E-state index in [0.29, 0.717) is 22.2 Å². The fourth-order valence-corrected chi connectivity index (χ4v) is 5.62. The van der Waals surface area contributed by atoms with E-state index in [1.165, 1.54) is 23.1 Å². The van der Waals surface area contributed by atoms with Gasteiger partial charge in [0, 0.05) is 23.1 Å². The van der Waals surface area contributed by atoms with Gasteiger partial charge in [-0.3, -0.25) is 13.9 Å². The van der Waals surface area contributed by atoms with Crippen LogP contribution in [0.15, 0.2) is 83.8 Å². The number of halogens is 2. The molecule has 0 aliphatic heterocycles. The normalized spacial score (nSPS) is 12.0. The van der Waals surface area contributed by atoms with Crippen molar-refractivity contribution in [3.8, 4) is 0 Å². The molecule has 0 aliphatic rings. The maximum atomic E-state index is 13.8. The Balaban J connectivity index is 2.00. The molecule has 0 aliphatic carbocycles. The van der Waals surface area contributed by atoms with Gasteiger partial charge in [-0.1, -0.05) is 79.0 Å². The first-order chi connectivity index (χ1) is 18.1. The summed E-state index contributed by atoms with van der Waals surface area (Å²) in [5.41, 5.74) is 0.864. The average Bonchev–Trinajstić information content (AvgIpc) is 2.91. The Labute approximate surface area is 234 Å². The van der Waals surface area contributed by atoms with Crippen molar-refractivity contribution in [2.24, 2.45) is 0 Å². The molecular formula is C28H31Cl2N3O4S. The van der Waals surface area contributed by atoms with Crippen molar-refractivity contribution in [2.45, 2.75) is 44.2 Å². The van der Waals surface area contributed by atoms with Crippen LogP contribution >= 0.6 is 23.2 Å². The maximum absolute atomic E-state index is 13.8. The van der Waals surface area contributed by atoms with Gasteiger partial charge in [0.25, 0.3) is 10.0 Å². The molecule has 1 atom stereocenters. The van der Waals surface area contributed by atoms with Crippen molar-refractivity contribution < 1.29 is 18.0 Å². The topological polar surface area (TPSA) is 86.8 Å². The number of nitrogens with zero attached hydrogens (tertiary/aromatic N) is 2. The predicted molar refractivity (Wildman–Crippen MR) is 152 cm³/mol. The van der Waals surface area contributed by atoms with Gasteiger partial charge in [-0.15, -0.1) is 0 Å². The molecule has 0 radical (unpaired) electrons. The lowest BCUT2D eigenvalue weighted by molar-refractivity contribution is -0.139. The van der Waals surface area contributed by atoms with Gasteiger partial charge in [0.15, 0.2) is 0 Å². The van der Waals surface area contributed by atoms with Crippen molar-refractivity contribution in [1.82, 2.24) is 10.2 Å². The third kappa shape index (κ3) is 7.49. The molecule has 3 rings (SSSR count). The minimum atomic E-state index is -4.14. The number of nitrogens with one attached hydrogen (secondary N) is 1. The fourth-order valence-electron chi connectivity index (χ4n) is 3.81. The minimum Gasteiger partial charge on any atom is -0.354 e. The lowest BCUT2D eigenvalue weighted by Gasteiger charge is -2.32. The highest BCUT2D eigenvalue weighted by atomic mass is 35.5. The monoisotopic (exact) mass is 575 g/mol. The second-order valence-corrected chi connectivity index (χ2v) is 11.4. The van der Waals surface area contributed by atoms with Crippen LogP contribution in [0.3, 0.4) is 0 Å². The van der Waals surface area contributed by atoms with Gasteiger partial charge in [0.05, 0.1) is 10.6 Å². The number of hydrogen-bond acceptors (Lipinski definition) is 4. The molecule has 10 heteroatoms. The third-order valence-electron chi connectivity index (χ3n) is 6.00. The summed E-state index contributed by atoms with van der Waals surface area (Å²) in [5, 5.41) is 3.61. The van der Waals surface area contributed by atoms with Gasteiger partial charge in [0.1, 0.15) is 12.6 Å². The smallest absolute Gasteiger partial charge is 0.264 e. The van der Waals surface area contributed by atoms with Crippen LogP contribution in [-0.2, 0) is 26.2 Å². The second-order valence-electron chi connectivity index (χ2n) is 8.74. The highest BCUT2D eigenvalue weighted by Crippen LogP contribution is 2.27. The van der Waals surface area contributed by atoms with E-state index in [1.54, 1.807) is 67.6 Å². The van der Waals surface area contributed by atoms with Gasteiger partial charge >= 0.3 is 0 Å². The molecule has 0 aromatic heterocycles. The molecule has 0 spiro atoms. The number of anilines is 1. The number of benzene rings is 3. The molecular weight excluding hydrogens is 545 g/mol. The number of carbonyl (C=O) groups excluding carboxylic acids is 2. The Morgan fingerprint density at radius 3 is 2.29 bits per heavy atom. The fraction of sp³-hybridized carbons (Fsp3) is 0.286. The molecule has 0 saturated carbocycles. The molecule has 0 unspecified atom stereocenters. The molecule has 1 N–H and O–H groups in total. The summed E-state index contributed by atoms with van der Waals surface area (Å²) in [6.45, 7) is 3.58. The standard InChI is InChI=1S/C28H31Cl2N3O4S/c1-3-4-17-31-28(35)21(2)32(19-22-11-8-9-16-26(22)30)27(34)20-33(24-13-10-12-23(29)18-24)38(36,37)25-14-6-5-7-15-25/h5-16,18,21H,3-4,17,19-20H2,1-2H3,(H,31,35)/t21-/m1/s1. The zero-order valence-electron chi connectivity index (χ0n) is 21.3. The van der Waals surface area contributed by atoms with Gasteiger partial charge in [-0.2, -0.15) is 0 Å². The lowest BCUT2D eigenvalue weighted by Crippen LogP contribution is -2.51. The van der Waals surface area contributed by atoms with E-state index in [0.717, 1.165) is 17.1 Å². The summed E-state index contributed by atoms with van der Waals surface area (Å²) in [6.07, 6.45) is 1.71.